The quantitative estimate of drug-likeness (QED) is 0.795. The minimum absolute atomic E-state index is 0.0200. The van der Waals surface area contributed by atoms with Crippen molar-refractivity contribution < 1.29 is 14.3 Å². The summed E-state index contributed by atoms with van der Waals surface area (Å²) in [7, 11) is 0. The van der Waals surface area contributed by atoms with Gasteiger partial charge in [-0.05, 0) is 26.0 Å². The van der Waals surface area contributed by atoms with Crippen molar-refractivity contribution in [1.82, 2.24) is 14.9 Å². The molecule has 29 heavy (non-hydrogen) atoms. The van der Waals surface area contributed by atoms with E-state index in [1.165, 1.54) is 0 Å². The number of nitrogens with zero attached hydrogens (tertiary/aromatic N) is 4. The van der Waals surface area contributed by atoms with Crippen molar-refractivity contribution in [3.8, 4) is 11.5 Å². The second kappa shape index (κ2) is 7.89. The molecule has 1 aromatic heterocycles. The highest BCUT2D eigenvalue weighted by atomic mass is 16.6. The van der Waals surface area contributed by atoms with E-state index in [0.717, 1.165) is 30.4 Å². The molecule has 0 saturated carbocycles. The third-order valence-electron chi connectivity index (χ3n) is 5.38. The molecule has 0 N–H and O–H groups in total. The largest absolute Gasteiger partial charge is 0.482 e. The van der Waals surface area contributed by atoms with Crippen molar-refractivity contribution in [3.63, 3.8) is 0 Å². The Balaban J connectivity index is 1.42. The smallest absolute Gasteiger partial charge is 0.267 e. The van der Waals surface area contributed by atoms with Gasteiger partial charge in [0.15, 0.2) is 11.5 Å². The van der Waals surface area contributed by atoms with Crippen LogP contribution in [-0.2, 0) is 4.79 Å². The van der Waals surface area contributed by atoms with E-state index in [2.05, 4.69) is 23.7 Å². The van der Waals surface area contributed by atoms with Crippen molar-refractivity contribution >= 4 is 11.7 Å². The second-order valence-corrected chi connectivity index (χ2v) is 8.00. The van der Waals surface area contributed by atoms with Crippen molar-refractivity contribution in [1.29, 1.82) is 0 Å². The van der Waals surface area contributed by atoms with Crippen LogP contribution in [0.15, 0.2) is 30.3 Å². The zero-order valence-electron chi connectivity index (χ0n) is 17.5. The molecule has 1 saturated heterocycles. The molecule has 1 fully saturated rings. The fourth-order valence-corrected chi connectivity index (χ4v) is 3.72. The summed E-state index contributed by atoms with van der Waals surface area (Å²) >= 11 is 0. The number of amides is 1. The molecule has 0 bridgehead atoms. The topological polar surface area (TPSA) is 67.8 Å². The van der Waals surface area contributed by atoms with Gasteiger partial charge in [0.2, 0.25) is 6.10 Å². The maximum atomic E-state index is 13.1. The van der Waals surface area contributed by atoms with Gasteiger partial charge in [-0.1, -0.05) is 26.0 Å². The van der Waals surface area contributed by atoms with Gasteiger partial charge in [0, 0.05) is 43.9 Å². The van der Waals surface area contributed by atoms with E-state index in [0.29, 0.717) is 24.6 Å². The molecule has 2 aromatic rings. The van der Waals surface area contributed by atoms with Crippen LogP contribution in [0, 0.1) is 6.92 Å². The molecule has 3 heterocycles. The van der Waals surface area contributed by atoms with E-state index < -0.39 is 6.10 Å². The van der Waals surface area contributed by atoms with Crippen molar-refractivity contribution in [2.24, 2.45) is 0 Å². The normalized spacial score (nSPS) is 21.4. The summed E-state index contributed by atoms with van der Waals surface area (Å²) in [6, 6.07) is 9.49. The SMILES string of the molecule is Cc1cc(N2CCN(C(=O)[C@@H]3Oc4ccccc4O[C@H]3C)CC2)nc(C(C)C)n1. The van der Waals surface area contributed by atoms with Gasteiger partial charge in [-0.25, -0.2) is 9.97 Å². The molecular weight excluding hydrogens is 368 g/mol. The molecule has 7 nitrogen and oxygen atoms in total. The minimum atomic E-state index is -0.620. The first-order chi connectivity index (χ1) is 13.9. The standard InChI is InChI=1S/C22H28N4O3/c1-14(2)21-23-15(3)13-19(24-21)25-9-11-26(12-10-25)22(27)20-16(4)28-17-7-5-6-8-18(17)29-20/h5-8,13-14,16,20H,9-12H2,1-4H3/t16-,20+/m0/s1. The molecule has 2 aliphatic rings. The Labute approximate surface area is 171 Å². The Morgan fingerprint density at radius 2 is 1.72 bits per heavy atom. The van der Waals surface area contributed by atoms with Crippen LogP contribution < -0.4 is 14.4 Å². The van der Waals surface area contributed by atoms with Gasteiger partial charge in [-0.15, -0.1) is 0 Å². The van der Waals surface area contributed by atoms with Crippen LogP contribution in [0.4, 0.5) is 5.82 Å². The molecular formula is C22H28N4O3. The number of ether oxygens (including phenoxy) is 2. The summed E-state index contributed by atoms with van der Waals surface area (Å²) in [5, 5.41) is 0. The number of carbonyl (C=O) groups excluding carboxylic acids is 1. The third kappa shape index (κ3) is 3.99. The van der Waals surface area contributed by atoms with Crippen molar-refractivity contribution in [2.45, 2.75) is 45.8 Å². The van der Waals surface area contributed by atoms with Gasteiger partial charge >= 0.3 is 0 Å². The predicted molar refractivity (Wildman–Crippen MR) is 111 cm³/mol. The molecule has 2 aliphatic heterocycles. The summed E-state index contributed by atoms with van der Waals surface area (Å²) in [6.07, 6.45) is -0.946. The summed E-state index contributed by atoms with van der Waals surface area (Å²) in [6.45, 7) is 10.8. The highest BCUT2D eigenvalue weighted by Crippen LogP contribution is 2.34. The Bertz CT molecular complexity index is 893. The molecule has 154 valence electrons. The number of aryl methyl sites for hydroxylation is 1. The van der Waals surface area contributed by atoms with E-state index in [1.54, 1.807) is 0 Å². The zero-order chi connectivity index (χ0) is 20.5. The van der Waals surface area contributed by atoms with Gasteiger partial charge < -0.3 is 19.3 Å². The molecule has 4 rings (SSSR count). The summed E-state index contributed by atoms with van der Waals surface area (Å²) < 4.78 is 11.9. The molecule has 0 radical (unpaired) electrons. The number of carbonyl (C=O) groups is 1. The number of piperazine rings is 1. The Hall–Kier alpha value is -2.83. The first-order valence-electron chi connectivity index (χ1n) is 10.2. The lowest BCUT2D eigenvalue weighted by molar-refractivity contribution is -0.144. The summed E-state index contributed by atoms with van der Waals surface area (Å²) in [4.78, 5) is 26.4. The number of fused-ring (bicyclic) bond motifs is 1. The number of hydrogen-bond donors (Lipinski definition) is 0. The second-order valence-electron chi connectivity index (χ2n) is 8.00. The maximum absolute atomic E-state index is 13.1. The Kier molecular flexibility index (Phi) is 5.30. The van der Waals surface area contributed by atoms with Crippen molar-refractivity contribution in [3.05, 3.63) is 41.9 Å². The third-order valence-corrected chi connectivity index (χ3v) is 5.38. The van der Waals surface area contributed by atoms with E-state index in [-0.39, 0.29) is 17.9 Å². The van der Waals surface area contributed by atoms with Gasteiger partial charge in [0.05, 0.1) is 0 Å². The lowest BCUT2D eigenvalue weighted by atomic mass is 10.1. The molecule has 0 aliphatic carbocycles. The first-order valence-corrected chi connectivity index (χ1v) is 10.2. The highest BCUT2D eigenvalue weighted by Gasteiger charge is 2.37. The summed E-state index contributed by atoms with van der Waals surface area (Å²) in [5.41, 5.74) is 0.970. The van der Waals surface area contributed by atoms with Crippen LogP contribution in [0.2, 0.25) is 0 Å². The van der Waals surface area contributed by atoms with E-state index in [1.807, 2.05) is 49.1 Å². The van der Waals surface area contributed by atoms with Crippen LogP contribution >= 0.6 is 0 Å². The first kappa shape index (κ1) is 19.5. The average molecular weight is 396 g/mol. The van der Waals surface area contributed by atoms with Crippen LogP contribution in [0.25, 0.3) is 0 Å². The number of hydrogen-bond acceptors (Lipinski definition) is 6. The molecule has 0 spiro atoms. The lowest BCUT2D eigenvalue weighted by Crippen LogP contribution is -2.56. The number of benzene rings is 1. The molecule has 1 amide bonds. The molecule has 7 heteroatoms. The average Bonchev–Trinajstić information content (AvgIpc) is 2.72. The van der Waals surface area contributed by atoms with Crippen LogP contribution in [0.1, 0.15) is 38.2 Å². The van der Waals surface area contributed by atoms with Crippen molar-refractivity contribution in [2.75, 3.05) is 31.1 Å². The fourth-order valence-electron chi connectivity index (χ4n) is 3.72. The number of rotatable bonds is 3. The van der Waals surface area contributed by atoms with Gasteiger partial charge in [-0.3, -0.25) is 4.79 Å². The monoisotopic (exact) mass is 396 g/mol. The molecule has 0 unspecified atom stereocenters. The number of para-hydroxylation sites is 2. The zero-order valence-corrected chi connectivity index (χ0v) is 17.5. The van der Waals surface area contributed by atoms with Crippen LogP contribution in [0.3, 0.4) is 0 Å². The Morgan fingerprint density at radius 1 is 1.07 bits per heavy atom. The van der Waals surface area contributed by atoms with E-state index in [4.69, 9.17) is 14.5 Å². The summed E-state index contributed by atoms with van der Waals surface area (Å²) in [5.74, 6) is 3.37. The lowest BCUT2D eigenvalue weighted by Gasteiger charge is -2.39. The van der Waals surface area contributed by atoms with Gasteiger partial charge in [0.25, 0.3) is 5.91 Å². The minimum Gasteiger partial charge on any atom is -0.482 e. The molecule has 2 atom stereocenters. The Morgan fingerprint density at radius 3 is 2.38 bits per heavy atom. The predicted octanol–water partition coefficient (Wildman–Crippen LogP) is 2.79. The highest BCUT2D eigenvalue weighted by molar-refractivity contribution is 5.82. The van der Waals surface area contributed by atoms with Crippen LogP contribution in [-0.4, -0.2) is 59.2 Å². The van der Waals surface area contributed by atoms with E-state index >= 15 is 0 Å². The number of anilines is 1. The van der Waals surface area contributed by atoms with Gasteiger partial charge in [-0.2, -0.15) is 0 Å². The maximum Gasteiger partial charge on any atom is 0.267 e. The molecule has 1 aromatic carbocycles. The van der Waals surface area contributed by atoms with E-state index in [9.17, 15) is 4.79 Å². The van der Waals surface area contributed by atoms with Crippen LogP contribution in [0.5, 0.6) is 11.5 Å². The fraction of sp³-hybridized carbons (Fsp3) is 0.500. The van der Waals surface area contributed by atoms with Gasteiger partial charge in [0.1, 0.15) is 17.7 Å². The number of aromatic nitrogens is 2.